The molecule has 0 spiro atoms. The molecule has 180 valence electrons. The van der Waals surface area contributed by atoms with E-state index in [2.05, 4.69) is 5.32 Å². The van der Waals surface area contributed by atoms with Crippen molar-refractivity contribution in [2.45, 2.75) is 25.0 Å². The Morgan fingerprint density at radius 3 is 2.30 bits per heavy atom. The van der Waals surface area contributed by atoms with Crippen LogP contribution < -0.4 is 14.8 Å². The lowest BCUT2D eigenvalue weighted by molar-refractivity contribution is -0.126. The number of halogens is 2. The number of methoxy groups -OCH3 is 2. The third-order valence-electron chi connectivity index (χ3n) is 5.77. The maximum atomic E-state index is 12.9. The molecule has 0 radical (unpaired) electrons. The molecule has 1 aliphatic heterocycles. The zero-order chi connectivity index (χ0) is 24.0. The Morgan fingerprint density at radius 2 is 1.70 bits per heavy atom. The number of carbonyl (C=O) groups excluding carboxylic acids is 1. The van der Waals surface area contributed by atoms with E-state index in [1.54, 1.807) is 32.4 Å². The van der Waals surface area contributed by atoms with E-state index in [9.17, 15) is 13.2 Å². The molecule has 2 aromatic rings. The van der Waals surface area contributed by atoms with E-state index >= 15 is 0 Å². The topological polar surface area (TPSA) is 84.9 Å². The standard InChI is InChI=1S/C23H28Cl2N2O5S/c1-31-21-7-6-16(14-22(21)32-2)8-11-26-23(28)17-9-12-27(13-10-17)33(29,30)15-18-19(24)4-3-5-20(18)25/h3-7,14,17H,8-13,15H2,1-2H3,(H,26,28). The Kier molecular flexibility index (Phi) is 8.87. The second-order valence-electron chi connectivity index (χ2n) is 7.86. The highest BCUT2D eigenvalue weighted by Gasteiger charge is 2.31. The molecule has 10 heteroatoms. The van der Waals surface area contributed by atoms with E-state index in [1.807, 2.05) is 18.2 Å². The summed E-state index contributed by atoms with van der Waals surface area (Å²) in [5.41, 5.74) is 1.42. The summed E-state index contributed by atoms with van der Waals surface area (Å²) in [5, 5.41) is 3.62. The number of rotatable bonds is 9. The number of ether oxygens (including phenoxy) is 2. The van der Waals surface area contributed by atoms with E-state index in [1.165, 1.54) is 4.31 Å². The van der Waals surface area contributed by atoms with Gasteiger partial charge in [-0.3, -0.25) is 4.79 Å². The van der Waals surface area contributed by atoms with Crippen LogP contribution in [0.5, 0.6) is 11.5 Å². The van der Waals surface area contributed by atoms with Crippen molar-refractivity contribution in [3.8, 4) is 11.5 Å². The van der Waals surface area contributed by atoms with Crippen molar-refractivity contribution in [2.24, 2.45) is 5.92 Å². The van der Waals surface area contributed by atoms with Crippen LogP contribution in [0.3, 0.4) is 0 Å². The lowest BCUT2D eigenvalue weighted by Gasteiger charge is -2.30. The molecular formula is C23H28Cl2N2O5S. The Balaban J connectivity index is 1.49. The van der Waals surface area contributed by atoms with Gasteiger partial charge in [-0.25, -0.2) is 12.7 Å². The average Bonchev–Trinajstić information content (AvgIpc) is 2.81. The normalized spacial score (nSPS) is 15.3. The molecule has 3 rings (SSSR count). The SMILES string of the molecule is COc1ccc(CCNC(=O)C2CCN(S(=O)(=O)Cc3c(Cl)cccc3Cl)CC2)cc1OC. The van der Waals surface area contributed by atoms with Gasteiger partial charge in [0.1, 0.15) is 0 Å². The minimum atomic E-state index is -3.59. The van der Waals surface area contributed by atoms with Gasteiger partial charge in [-0.2, -0.15) is 0 Å². The Bertz CT molecular complexity index is 1070. The predicted molar refractivity (Wildman–Crippen MR) is 130 cm³/mol. The second-order valence-corrected chi connectivity index (χ2v) is 10.6. The fraction of sp³-hybridized carbons (Fsp3) is 0.435. The van der Waals surface area contributed by atoms with E-state index < -0.39 is 10.0 Å². The van der Waals surface area contributed by atoms with Crippen LogP contribution in [0, 0.1) is 5.92 Å². The van der Waals surface area contributed by atoms with Crippen molar-refractivity contribution in [3.05, 3.63) is 57.6 Å². The maximum absolute atomic E-state index is 12.9. The second kappa shape index (κ2) is 11.4. The lowest BCUT2D eigenvalue weighted by atomic mass is 9.97. The first-order chi connectivity index (χ1) is 15.7. The van der Waals surface area contributed by atoms with Gasteiger partial charge in [0.2, 0.25) is 15.9 Å². The first-order valence-corrected chi connectivity index (χ1v) is 13.0. The Labute approximate surface area is 205 Å². The molecule has 0 aliphatic carbocycles. The summed E-state index contributed by atoms with van der Waals surface area (Å²) in [6.45, 7) is 1.06. The van der Waals surface area contributed by atoms with Crippen LogP contribution in [0.4, 0.5) is 0 Å². The molecule has 0 unspecified atom stereocenters. The Morgan fingerprint density at radius 1 is 1.06 bits per heavy atom. The molecule has 0 saturated carbocycles. The molecule has 0 bridgehead atoms. The molecule has 7 nitrogen and oxygen atoms in total. The molecule has 0 aromatic heterocycles. The van der Waals surface area contributed by atoms with Gasteiger partial charge < -0.3 is 14.8 Å². The van der Waals surface area contributed by atoms with Crippen LogP contribution in [-0.4, -0.2) is 52.5 Å². The predicted octanol–water partition coefficient (Wildman–Crippen LogP) is 3.91. The third kappa shape index (κ3) is 6.53. The van der Waals surface area contributed by atoms with Gasteiger partial charge in [-0.15, -0.1) is 0 Å². The quantitative estimate of drug-likeness (QED) is 0.548. The minimum Gasteiger partial charge on any atom is -0.493 e. The molecule has 1 N–H and O–H groups in total. The van der Waals surface area contributed by atoms with Gasteiger partial charge >= 0.3 is 0 Å². The van der Waals surface area contributed by atoms with Crippen LogP contribution in [0.1, 0.15) is 24.0 Å². The molecular weight excluding hydrogens is 487 g/mol. The zero-order valence-corrected chi connectivity index (χ0v) is 21.0. The monoisotopic (exact) mass is 514 g/mol. The number of hydrogen-bond donors (Lipinski definition) is 1. The fourth-order valence-electron chi connectivity index (χ4n) is 3.85. The molecule has 1 fully saturated rings. The summed E-state index contributed by atoms with van der Waals surface area (Å²) in [7, 11) is -0.419. The summed E-state index contributed by atoms with van der Waals surface area (Å²) in [4.78, 5) is 12.6. The first kappa shape index (κ1) is 25.6. The summed E-state index contributed by atoms with van der Waals surface area (Å²) < 4.78 is 37.7. The third-order valence-corrected chi connectivity index (χ3v) is 8.28. The van der Waals surface area contributed by atoms with Crippen LogP contribution >= 0.6 is 23.2 Å². The van der Waals surface area contributed by atoms with Crippen LogP contribution in [0.25, 0.3) is 0 Å². The van der Waals surface area contributed by atoms with Crippen molar-refractivity contribution in [1.29, 1.82) is 0 Å². The maximum Gasteiger partial charge on any atom is 0.223 e. The highest BCUT2D eigenvalue weighted by atomic mass is 35.5. The van der Waals surface area contributed by atoms with Crippen molar-refractivity contribution < 1.29 is 22.7 Å². The van der Waals surface area contributed by atoms with Gasteiger partial charge in [0.05, 0.1) is 20.0 Å². The van der Waals surface area contributed by atoms with Gasteiger partial charge in [0.25, 0.3) is 0 Å². The van der Waals surface area contributed by atoms with Crippen LogP contribution in [-0.2, 0) is 27.0 Å². The van der Waals surface area contributed by atoms with Crippen LogP contribution in [0.2, 0.25) is 10.0 Å². The lowest BCUT2D eigenvalue weighted by Crippen LogP contribution is -2.43. The molecule has 2 aromatic carbocycles. The van der Waals surface area contributed by atoms with E-state index in [4.69, 9.17) is 32.7 Å². The fourth-order valence-corrected chi connectivity index (χ4v) is 6.17. The first-order valence-electron chi connectivity index (χ1n) is 10.6. The summed E-state index contributed by atoms with van der Waals surface area (Å²) >= 11 is 12.3. The van der Waals surface area contributed by atoms with Crippen molar-refractivity contribution in [1.82, 2.24) is 9.62 Å². The number of amides is 1. The van der Waals surface area contributed by atoms with E-state index in [0.717, 1.165) is 5.56 Å². The number of nitrogens with zero attached hydrogens (tertiary/aromatic N) is 1. The van der Waals surface area contributed by atoms with Gasteiger partial charge in [-0.05, 0) is 49.1 Å². The number of benzene rings is 2. The van der Waals surface area contributed by atoms with Gasteiger partial charge in [0.15, 0.2) is 11.5 Å². The average molecular weight is 515 g/mol. The molecule has 1 saturated heterocycles. The molecule has 33 heavy (non-hydrogen) atoms. The molecule has 0 atom stereocenters. The van der Waals surface area contributed by atoms with Gasteiger partial charge in [0, 0.05) is 41.2 Å². The molecule has 1 amide bonds. The van der Waals surface area contributed by atoms with Crippen molar-refractivity contribution in [2.75, 3.05) is 33.9 Å². The molecule has 1 aliphatic rings. The molecule has 1 heterocycles. The largest absolute Gasteiger partial charge is 0.493 e. The van der Waals surface area contributed by atoms with E-state index in [-0.39, 0.29) is 30.7 Å². The summed E-state index contributed by atoms with van der Waals surface area (Å²) in [5.74, 6) is 0.775. The summed E-state index contributed by atoms with van der Waals surface area (Å²) in [6.07, 6.45) is 1.59. The van der Waals surface area contributed by atoms with E-state index in [0.29, 0.717) is 52.9 Å². The summed E-state index contributed by atoms with van der Waals surface area (Å²) in [6, 6.07) is 10.6. The number of hydrogen-bond acceptors (Lipinski definition) is 5. The van der Waals surface area contributed by atoms with Crippen molar-refractivity contribution >= 4 is 39.1 Å². The number of nitrogens with one attached hydrogen (secondary N) is 1. The zero-order valence-electron chi connectivity index (χ0n) is 18.6. The number of carbonyl (C=O) groups is 1. The van der Waals surface area contributed by atoms with Crippen molar-refractivity contribution in [3.63, 3.8) is 0 Å². The number of sulfonamides is 1. The van der Waals surface area contributed by atoms with Gasteiger partial charge in [-0.1, -0.05) is 35.3 Å². The smallest absolute Gasteiger partial charge is 0.223 e. The highest BCUT2D eigenvalue weighted by Crippen LogP contribution is 2.29. The number of piperidine rings is 1. The minimum absolute atomic E-state index is 0.0540. The Hall–Kier alpha value is -2.00. The highest BCUT2D eigenvalue weighted by molar-refractivity contribution is 7.88. The van der Waals surface area contributed by atoms with Crippen LogP contribution in [0.15, 0.2) is 36.4 Å².